The van der Waals surface area contributed by atoms with Crippen molar-refractivity contribution in [2.75, 3.05) is 0 Å². The number of hydrogen-bond donors (Lipinski definition) is 3. The molecule has 0 fully saturated rings. The maximum atomic E-state index is 12.2. The molecule has 0 atom stereocenters. The van der Waals surface area contributed by atoms with E-state index in [2.05, 4.69) is 20.8 Å². The van der Waals surface area contributed by atoms with Crippen molar-refractivity contribution in [1.82, 2.24) is 20.8 Å². The summed E-state index contributed by atoms with van der Waals surface area (Å²) in [6, 6.07) is 9.63. The van der Waals surface area contributed by atoms with Crippen LogP contribution in [0.3, 0.4) is 0 Å². The van der Waals surface area contributed by atoms with Crippen molar-refractivity contribution in [3.63, 3.8) is 0 Å². The Labute approximate surface area is 159 Å². The number of hydrogen-bond acceptors (Lipinski definition) is 5. The van der Waals surface area contributed by atoms with Crippen LogP contribution in [0.5, 0.6) is 0 Å². The molecule has 8 heteroatoms. The van der Waals surface area contributed by atoms with Crippen molar-refractivity contribution >= 4 is 33.4 Å². The van der Waals surface area contributed by atoms with Gasteiger partial charge in [-0.05, 0) is 31.4 Å². The average molecular weight is 384 g/mol. The number of hydrazine groups is 1. The monoisotopic (exact) mass is 384 g/mol. The van der Waals surface area contributed by atoms with Crippen molar-refractivity contribution in [3.8, 4) is 0 Å². The van der Waals surface area contributed by atoms with E-state index < -0.39 is 5.91 Å². The number of thiophene rings is 1. The van der Waals surface area contributed by atoms with Crippen molar-refractivity contribution in [2.24, 2.45) is 0 Å². The largest absolute Gasteiger partial charge is 0.309 e. The van der Waals surface area contributed by atoms with Gasteiger partial charge in [0.1, 0.15) is 10.7 Å². The highest BCUT2D eigenvalue weighted by atomic mass is 32.1. The first-order valence-corrected chi connectivity index (χ1v) is 9.36. The van der Waals surface area contributed by atoms with Gasteiger partial charge in [-0.25, -0.2) is 4.98 Å². The van der Waals surface area contributed by atoms with Crippen LogP contribution >= 0.6 is 11.3 Å². The molecule has 140 valence electrons. The number of carbonyl (C=O) groups is 2. The molecule has 2 amide bonds. The number of nitrogens with zero attached hydrogens (tertiary/aromatic N) is 1. The average Bonchev–Trinajstić information content (AvgIpc) is 2.93. The van der Waals surface area contributed by atoms with E-state index in [9.17, 15) is 14.4 Å². The number of benzene rings is 1. The molecule has 0 spiro atoms. The van der Waals surface area contributed by atoms with E-state index in [1.54, 1.807) is 0 Å². The number of carbonyl (C=O) groups excluding carboxylic acids is 2. The molecule has 3 N–H and O–H groups in total. The summed E-state index contributed by atoms with van der Waals surface area (Å²) in [6.07, 6.45) is 0.727. The summed E-state index contributed by atoms with van der Waals surface area (Å²) in [5, 5.41) is 0.566. The molecular weight excluding hydrogens is 364 g/mol. The fourth-order valence-electron chi connectivity index (χ4n) is 2.68. The summed E-state index contributed by atoms with van der Waals surface area (Å²) in [5.41, 5.74) is 6.44. The zero-order valence-electron chi connectivity index (χ0n) is 15.1. The lowest BCUT2D eigenvalue weighted by Gasteiger charge is -2.07. The highest BCUT2D eigenvalue weighted by molar-refractivity contribution is 7.18. The van der Waals surface area contributed by atoms with Gasteiger partial charge in [0.15, 0.2) is 0 Å². The SMILES string of the molecule is Cc1sc2nc(CC(=O)NNC(=O)CCc3ccccc3)[nH]c(=O)c2c1C. The van der Waals surface area contributed by atoms with Crippen LogP contribution in [0.4, 0.5) is 0 Å². The van der Waals surface area contributed by atoms with Crippen LogP contribution in [0.1, 0.15) is 28.2 Å². The topological polar surface area (TPSA) is 104 Å². The number of nitrogens with one attached hydrogen (secondary N) is 3. The number of fused-ring (bicyclic) bond motifs is 1. The van der Waals surface area contributed by atoms with E-state index in [4.69, 9.17) is 0 Å². The lowest BCUT2D eigenvalue weighted by Crippen LogP contribution is -2.42. The third kappa shape index (κ3) is 4.59. The maximum absolute atomic E-state index is 12.2. The normalized spacial score (nSPS) is 10.7. The van der Waals surface area contributed by atoms with Gasteiger partial charge in [-0.2, -0.15) is 0 Å². The minimum Gasteiger partial charge on any atom is -0.309 e. The van der Waals surface area contributed by atoms with Crippen molar-refractivity contribution in [3.05, 3.63) is 62.5 Å². The van der Waals surface area contributed by atoms with E-state index in [0.29, 0.717) is 16.6 Å². The van der Waals surface area contributed by atoms with Gasteiger partial charge in [0, 0.05) is 11.3 Å². The van der Waals surface area contributed by atoms with Gasteiger partial charge >= 0.3 is 0 Å². The van der Waals surface area contributed by atoms with Crippen molar-refractivity contribution < 1.29 is 9.59 Å². The minimum atomic E-state index is -0.449. The summed E-state index contributed by atoms with van der Waals surface area (Å²) in [5.74, 6) is -0.464. The Morgan fingerprint density at radius 2 is 1.81 bits per heavy atom. The zero-order chi connectivity index (χ0) is 19.4. The molecular formula is C19H20N4O3S. The number of H-pyrrole nitrogens is 1. The molecule has 0 aliphatic carbocycles. The molecule has 0 bridgehead atoms. The molecule has 27 heavy (non-hydrogen) atoms. The summed E-state index contributed by atoms with van der Waals surface area (Å²) in [6.45, 7) is 3.81. The Morgan fingerprint density at radius 1 is 1.11 bits per heavy atom. The van der Waals surface area contributed by atoms with E-state index >= 15 is 0 Å². The number of rotatable bonds is 5. The smallest absolute Gasteiger partial charge is 0.259 e. The van der Waals surface area contributed by atoms with Gasteiger partial charge in [0.2, 0.25) is 11.8 Å². The standard InChI is InChI=1S/C19H20N4O3S/c1-11-12(2)27-19-17(11)18(26)20-14(21-19)10-16(25)23-22-15(24)9-8-13-6-4-3-5-7-13/h3-7H,8-10H2,1-2H3,(H,22,24)(H,23,25)(H,20,21,26). The predicted octanol–water partition coefficient (Wildman–Crippen LogP) is 1.92. The number of aromatic nitrogens is 2. The maximum Gasteiger partial charge on any atom is 0.259 e. The van der Waals surface area contributed by atoms with Crippen LogP contribution in [-0.2, 0) is 22.4 Å². The van der Waals surface area contributed by atoms with Crippen LogP contribution in [0.15, 0.2) is 35.1 Å². The van der Waals surface area contributed by atoms with Gasteiger partial charge in [-0.1, -0.05) is 30.3 Å². The second-order valence-electron chi connectivity index (χ2n) is 6.23. The second-order valence-corrected chi connectivity index (χ2v) is 7.44. The molecule has 0 aliphatic rings. The highest BCUT2D eigenvalue weighted by Gasteiger charge is 2.14. The van der Waals surface area contributed by atoms with E-state index in [-0.39, 0.29) is 30.1 Å². The van der Waals surface area contributed by atoms with Crippen molar-refractivity contribution in [2.45, 2.75) is 33.1 Å². The lowest BCUT2D eigenvalue weighted by molar-refractivity contribution is -0.128. The number of aromatic amines is 1. The number of aryl methyl sites for hydroxylation is 3. The van der Waals surface area contributed by atoms with Crippen molar-refractivity contribution in [1.29, 1.82) is 0 Å². The molecule has 7 nitrogen and oxygen atoms in total. The van der Waals surface area contributed by atoms with Gasteiger partial charge in [-0.15, -0.1) is 11.3 Å². The molecule has 2 heterocycles. The molecule has 3 aromatic rings. The van der Waals surface area contributed by atoms with Crippen LogP contribution < -0.4 is 16.4 Å². The fourth-order valence-corrected chi connectivity index (χ4v) is 3.73. The lowest BCUT2D eigenvalue weighted by atomic mass is 10.1. The van der Waals surface area contributed by atoms with E-state index in [1.165, 1.54) is 11.3 Å². The van der Waals surface area contributed by atoms with Gasteiger partial charge in [-0.3, -0.25) is 25.2 Å². The first-order chi connectivity index (χ1) is 12.9. The fraction of sp³-hybridized carbons (Fsp3) is 0.263. The Hall–Kier alpha value is -3.00. The molecule has 2 aromatic heterocycles. The Morgan fingerprint density at radius 3 is 2.56 bits per heavy atom. The molecule has 0 saturated heterocycles. The number of amides is 2. The first kappa shape index (κ1) is 18.8. The third-order valence-electron chi connectivity index (χ3n) is 4.24. The predicted molar refractivity (Wildman–Crippen MR) is 104 cm³/mol. The summed E-state index contributed by atoms with van der Waals surface area (Å²) < 4.78 is 0. The first-order valence-electron chi connectivity index (χ1n) is 8.54. The van der Waals surface area contributed by atoms with Gasteiger partial charge in [0.25, 0.3) is 5.56 Å². The molecule has 0 unspecified atom stereocenters. The quantitative estimate of drug-likeness (QED) is 0.585. The Kier molecular flexibility index (Phi) is 5.66. The van der Waals surface area contributed by atoms with Crippen LogP contribution in [0, 0.1) is 13.8 Å². The van der Waals surface area contributed by atoms with Crippen LogP contribution in [0.2, 0.25) is 0 Å². The molecule has 3 rings (SSSR count). The summed E-state index contributed by atoms with van der Waals surface area (Å²) in [4.78, 5) is 44.7. The van der Waals surface area contributed by atoms with Gasteiger partial charge < -0.3 is 4.98 Å². The summed E-state index contributed by atoms with van der Waals surface area (Å²) in [7, 11) is 0. The highest BCUT2D eigenvalue weighted by Crippen LogP contribution is 2.25. The van der Waals surface area contributed by atoms with E-state index in [0.717, 1.165) is 16.0 Å². The Balaban J connectivity index is 1.54. The molecule has 1 aromatic carbocycles. The molecule has 0 saturated carbocycles. The summed E-state index contributed by atoms with van der Waals surface area (Å²) >= 11 is 1.42. The third-order valence-corrected chi connectivity index (χ3v) is 5.34. The minimum absolute atomic E-state index is 0.125. The van der Waals surface area contributed by atoms with Crippen LogP contribution in [-0.4, -0.2) is 21.8 Å². The van der Waals surface area contributed by atoms with Gasteiger partial charge in [0.05, 0.1) is 11.8 Å². The second kappa shape index (κ2) is 8.13. The van der Waals surface area contributed by atoms with E-state index in [1.807, 2.05) is 44.2 Å². The van der Waals surface area contributed by atoms with Crippen LogP contribution in [0.25, 0.3) is 10.2 Å². The Bertz CT molecular complexity index is 1040. The molecule has 0 radical (unpaired) electrons. The molecule has 0 aliphatic heterocycles. The zero-order valence-corrected chi connectivity index (χ0v) is 15.9.